The minimum atomic E-state index is -0.117. The van der Waals surface area contributed by atoms with E-state index in [2.05, 4.69) is 160 Å². The standard InChI is InChI=1S/C51H40O2/c1-30(31-12-5-4-6-13-31)42(29-36-14-11-18-41-46-48(51(2,3)47(36)41)50-40-17-8-7-16-39(40)49(46)53-50)35-23-21-32-20-22-33(26-37(32)27-35)34-24-25-45-43(28-34)38-15-9-10-19-44(38)52-45/h4-28,30,42,49-50H,29H2,1-3H3. The molecule has 3 aliphatic rings. The lowest BCUT2D eigenvalue weighted by Gasteiger charge is -2.32. The molecule has 0 N–H and O–H groups in total. The molecule has 0 fully saturated rings. The lowest BCUT2D eigenvalue weighted by atomic mass is 9.72. The molecule has 2 heteroatoms. The summed E-state index contributed by atoms with van der Waals surface area (Å²) < 4.78 is 12.9. The minimum Gasteiger partial charge on any atom is -0.456 e. The van der Waals surface area contributed by atoms with E-state index in [9.17, 15) is 0 Å². The summed E-state index contributed by atoms with van der Waals surface area (Å²) in [7, 11) is 0. The van der Waals surface area contributed by atoms with Crippen molar-refractivity contribution in [3.8, 4) is 11.1 Å². The topological polar surface area (TPSA) is 22.4 Å². The molecule has 53 heavy (non-hydrogen) atoms. The highest BCUT2D eigenvalue weighted by Crippen LogP contribution is 2.66. The van der Waals surface area contributed by atoms with Crippen molar-refractivity contribution in [2.24, 2.45) is 0 Å². The molecule has 2 bridgehead atoms. The van der Waals surface area contributed by atoms with Crippen molar-refractivity contribution >= 4 is 38.3 Å². The minimum absolute atomic E-state index is 0.0311. The van der Waals surface area contributed by atoms with E-state index >= 15 is 0 Å². The summed E-state index contributed by atoms with van der Waals surface area (Å²) in [4.78, 5) is 0. The van der Waals surface area contributed by atoms with E-state index in [1.807, 2.05) is 12.1 Å². The smallest absolute Gasteiger partial charge is 0.135 e. The van der Waals surface area contributed by atoms with Gasteiger partial charge in [0.1, 0.15) is 23.4 Å². The summed E-state index contributed by atoms with van der Waals surface area (Å²) in [6, 6.07) is 55.9. The fourth-order valence-corrected chi connectivity index (χ4v) is 10.2. The first kappa shape index (κ1) is 30.9. The normalized spacial score (nSPS) is 19.2. The summed E-state index contributed by atoms with van der Waals surface area (Å²) in [5, 5.41) is 4.85. The second-order valence-corrected chi connectivity index (χ2v) is 16.0. The van der Waals surface area contributed by atoms with Gasteiger partial charge in [0.25, 0.3) is 0 Å². The molecule has 2 nitrogen and oxygen atoms in total. The fraction of sp³-hybridized carbons (Fsp3) is 0.176. The third-order valence-electron chi connectivity index (χ3n) is 12.8. The van der Waals surface area contributed by atoms with Crippen LogP contribution in [-0.2, 0) is 16.6 Å². The van der Waals surface area contributed by atoms with Gasteiger partial charge in [-0.2, -0.15) is 0 Å². The molecular formula is C51H40O2. The van der Waals surface area contributed by atoms with Crippen LogP contribution in [0.5, 0.6) is 0 Å². The van der Waals surface area contributed by atoms with E-state index in [1.165, 1.54) is 72.0 Å². The molecule has 0 saturated heterocycles. The average molecular weight is 685 g/mol. The molecule has 7 aromatic carbocycles. The molecule has 1 aliphatic carbocycles. The van der Waals surface area contributed by atoms with Gasteiger partial charge in [0, 0.05) is 16.2 Å². The van der Waals surface area contributed by atoms with Gasteiger partial charge < -0.3 is 9.15 Å². The van der Waals surface area contributed by atoms with E-state index in [0.717, 1.165) is 28.4 Å². The molecule has 0 spiro atoms. The Morgan fingerprint density at radius 2 is 1.30 bits per heavy atom. The van der Waals surface area contributed by atoms with Gasteiger partial charge in [-0.3, -0.25) is 0 Å². The Kier molecular flexibility index (Phi) is 6.64. The number of hydrogen-bond acceptors (Lipinski definition) is 2. The molecule has 4 atom stereocenters. The zero-order valence-electron chi connectivity index (χ0n) is 30.3. The fourth-order valence-electron chi connectivity index (χ4n) is 10.2. The number of fused-ring (bicyclic) bond motifs is 13. The van der Waals surface area contributed by atoms with E-state index in [-0.39, 0.29) is 23.5 Å². The van der Waals surface area contributed by atoms with Crippen LogP contribution in [0.1, 0.15) is 83.8 Å². The van der Waals surface area contributed by atoms with Crippen LogP contribution in [0.4, 0.5) is 0 Å². The monoisotopic (exact) mass is 684 g/mol. The Hall–Kier alpha value is -5.70. The zero-order valence-corrected chi connectivity index (χ0v) is 30.3. The predicted octanol–water partition coefficient (Wildman–Crippen LogP) is 13.4. The van der Waals surface area contributed by atoms with Crippen molar-refractivity contribution in [1.29, 1.82) is 0 Å². The summed E-state index contributed by atoms with van der Waals surface area (Å²) in [6.45, 7) is 7.28. The third kappa shape index (κ3) is 4.55. The molecule has 2 aliphatic heterocycles. The summed E-state index contributed by atoms with van der Waals surface area (Å²) in [6.07, 6.45) is 1.04. The predicted molar refractivity (Wildman–Crippen MR) is 217 cm³/mol. The Morgan fingerprint density at radius 3 is 2.17 bits per heavy atom. The van der Waals surface area contributed by atoms with Crippen LogP contribution in [-0.4, -0.2) is 0 Å². The highest BCUT2D eigenvalue weighted by Gasteiger charge is 2.54. The van der Waals surface area contributed by atoms with Gasteiger partial charge in [-0.05, 0) is 115 Å². The third-order valence-corrected chi connectivity index (χ3v) is 12.8. The van der Waals surface area contributed by atoms with Crippen LogP contribution in [0.25, 0.3) is 49.4 Å². The summed E-state index contributed by atoms with van der Waals surface area (Å²) >= 11 is 0. The molecule has 3 heterocycles. The first-order valence-electron chi connectivity index (χ1n) is 19.1. The van der Waals surface area contributed by atoms with Crippen molar-refractivity contribution < 1.29 is 9.15 Å². The number of benzene rings is 7. The molecule has 8 aromatic rings. The van der Waals surface area contributed by atoms with Gasteiger partial charge in [-0.15, -0.1) is 0 Å². The zero-order chi connectivity index (χ0) is 35.4. The summed E-state index contributed by atoms with van der Waals surface area (Å²) in [5.41, 5.74) is 16.8. The number of furan rings is 1. The van der Waals surface area contributed by atoms with Crippen LogP contribution < -0.4 is 0 Å². The van der Waals surface area contributed by atoms with Gasteiger partial charge in [0.15, 0.2) is 0 Å². The largest absolute Gasteiger partial charge is 0.456 e. The van der Waals surface area contributed by atoms with Crippen LogP contribution in [0, 0.1) is 0 Å². The van der Waals surface area contributed by atoms with Crippen molar-refractivity contribution in [3.63, 3.8) is 0 Å². The maximum absolute atomic E-state index is 6.73. The van der Waals surface area contributed by atoms with Crippen molar-refractivity contribution in [1.82, 2.24) is 0 Å². The van der Waals surface area contributed by atoms with E-state index in [4.69, 9.17) is 9.15 Å². The quantitative estimate of drug-likeness (QED) is 0.174. The Labute approximate surface area is 310 Å². The number of para-hydroxylation sites is 1. The molecular weight excluding hydrogens is 645 g/mol. The SMILES string of the molecule is CC(c1ccccc1)C(Cc1cccc2c1C(C)(C)C1=C2C2OC1c1ccccc12)c1ccc2ccc(-c3ccc4oc5ccccc5c4c3)cc2c1. The van der Waals surface area contributed by atoms with Crippen molar-refractivity contribution in [2.75, 3.05) is 0 Å². The first-order chi connectivity index (χ1) is 25.9. The van der Waals surface area contributed by atoms with Crippen LogP contribution >= 0.6 is 0 Å². The van der Waals surface area contributed by atoms with Gasteiger partial charge in [0.2, 0.25) is 0 Å². The number of rotatable bonds is 6. The highest BCUT2D eigenvalue weighted by molar-refractivity contribution is 6.06. The molecule has 11 rings (SSSR count). The van der Waals surface area contributed by atoms with Crippen LogP contribution in [0.15, 0.2) is 162 Å². The lowest BCUT2D eigenvalue weighted by molar-refractivity contribution is 0.0801. The second kappa shape index (κ2) is 11.4. The average Bonchev–Trinajstić information content (AvgIpc) is 3.95. The van der Waals surface area contributed by atoms with Crippen molar-refractivity contribution in [3.05, 3.63) is 196 Å². The van der Waals surface area contributed by atoms with Gasteiger partial charge >= 0.3 is 0 Å². The number of ether oxygens (including phenoxy) is 1. The Balaban J connectivity index is 1.01. The van der Waals surface area contributed by atoms with Crippen LogP contribution in [0.2, 0.25) is 0 Å². The Morgan fingerprint density at radius 1 is 0.585 bits per heavy atom. The number of hydrogen-bond donors (Lipinski definition) is 0. The molecule has 0 saturated carbocycles. The van der Waals surface area contributed by atoms with Crippen molar-refractivity contribution in [2.45, 2.75) is 56.7 Å². The summed E-state index contributed by atoms with van der Waals surface area (Å²) in [5.74, 6) is 0.597. The molecule has 0 radical (unpaired) electrons. The maximum Gasteiger partial charge on any atom is 0.135 e. The molecule has 256 valence electrons. The van der Waals surface area contributed by atoms with E-state index < -0.39 is 0 Å². The van der Waals surface area contributed by atoms with E-state index in [0.29, 0.717) is 5.92 Å². The maximum atomic E-state index is 6.73. The first-order valence-corrected chi connectivity index (χ1v) is 19.1. The lowest BCUT2D eigenvalue weighted by Crippen LogP contribution is -2.24. The van der Waals surface area contributed by atoms with E-state index in [1.54, 1.807) is 0 Å². The Bertz CT molecular complexity index is 2800. The molecule has 1 aromatic heterocycles. The van der Waals surface area contributed by atoms with Crippen LogP contribution in [0.3, 0.4) is 0 Å². The van der Waals surface area contributed by atoms with Gasteiger partial charge in [-0.1, -0.05) is 148 Å². The second-order valence-electron chi connectivity index (χ2n) is 16.0. The van der Waals surface area contributed by atoms with Gasteiger partial charge in [-0.25, -0.2) is 0 Å². The molecule has 4 unspecified atom stereocenters. The molecule has 0 amide bonds. The van der Waals surface area contributed by atoms with Gasteiger partial charge in [0.05, 0.1) is 0 Å². The highest BCUT2D eigenvalue weighted by atomic mass is 16.5.